The molecule has 0 aliphatic rings. The lowest BCUT2D eigenvalue weighted by Gasteiger charge is -2.22. The molecule has 2 rings (SSSR count). The Morgan fingerprint density at radius 3 is 2.20 bits per heavy atom. The Morgan fingerprint density at radius 2 is 1.65 bits per heavy atom. The summed E-state index contributed by atoms with van der Waals surface area (Å²) in [6.07, 6.45) is 0. The summed E-state index contributed by atoms with van der Waals surface area (Å²) in [7, 11) is 0. The van der Waals surface area contributed by atoms with Crippen LogP contribution in [0.15, 0.2) is 42.5 Å². The number of nitrogens with one attached hydrogen (secondary N) is 1. The van der Waals surface area contributed by atoms with Crippen LogP contribution in [0.2, 0.25) is 0 Å². The third-order valence-corrected chi connectivity index (χ3v) is 2.77. The molecule has 2 aromatic carbocycles. The minimum absolute atomic E-state index is 0.196. The number of phenolic OH excluding ortho intramolecular Hbond substituents is 1. The van der Waals surface area contributed by atoms with E-state index in [-0.39, 0.29) is 11.4 Å². The van der Waals surface area contributed by atoms with Gasteiger partial charge in [0.1, 0.15) is 17.1 Å². The summed E-state index contributed by atoms with van der Waals surface area (Å²) in [5.74, 6) is 1.13. The monoisotopic (exact) mass is 271 g/mol. The molecule has 3 nitrogen and oxygen atoms in total. The van der Waals surface area contributed by atoms with Gasteiger partial charge in [-0.3, -0.25) is 0 Å². The molecule has 2 N–H and O–H groups in total. The molecular formula is C17H21NO2. The standard InChI is InChI=1S/C17H21NO2/c1-12-11-15(20-17(2,3)4)9-10-16(12)18-13-5-7-14(19)8-6-13/h5-11,18-19H,1-4H3. The average Bonchev–Trinajstić information content (AvgIpc) is 2.33. The van der Waals surface area contributed by atoms with Crippen LogP contribution < -0.4 is 10.1 Å². The first-order valence-corrected chi connectivity index (χ1v) is 6.69. The first-order valence-electron chi connectivity index (χ1n) is 6.69. The number of ether oxygens (including phenoxy) is 1. The lowest BCUT2D eigenvalue weighted by atomic mass is 10.1. The minimum Gasteiger partial charge on any atom is -0.508 e. The van der Waals surface area contributed by atoms with Gasteiger partial charge in [-0.05, 0) is 75.7 Å². The van der Waals surface area contributed by atoms with Gasteiger partial charge in [0, 0.05) is 11.4 Å². The van der Waals surface area contributed by atoms with E-state index >= 15 is 0 Å². The van der Waals surface area contributed by atoms with Gasteiger partial charge in [-0.1, -0.05) is 0 Å². The number of hydrogen-bond acceptors (Lipinski definition) is 3. The molecule has 0 fully saturated rings. The van der Waals surface area contributed by atoms with Crippen LogP contribution in [0.5, 0.6) is 11.5 Å². The molecule has 0 saturated heterocycles. The van der Waals surface area contributed by atoms with E-state index in [1.54, 1.807) is 12.1 Å². The lowest BCUT2D eigenvalue weighted by Crippen LogP contribution is -2.22. The molecular weight excluding hydrogens is 250 g/mol. The normalized spacial score (nSPS) is 11.2. The number of anilines is 2. The maximum atomic E-state index is 9.28. The van der Waals surface area contributed by atoms with Gasteiger partial charge in [0.25, 0.3) is 0 Å². The van der Waals surface area contributed by atoms with E-state index in [4.69, 9.17) is 4.74 Å². The second kappa shape index (κ2) is 5.45. The van der Waals surface area contributed by atoms with E-state index in [1.807, 2.05) is 58.0 Å². The summed E-state index contributed by atoms with van der Waals surface area (Å²) in [5.41, 5.74) is 2.88. The zero-order chi connectivity index (χ0) is 14.8. The van der Waals surface area contributed by atoms with E-state index in [0.29, 0.717) is 0 Å². The predicted molar refractivity (Wildman–Crippen MR) is 82.9 cm³/mol. The second-order valence-corrected chi connectivity index (χ2v) is 5.86. The number of phenols is 1. The Balaban J connectivity index is 2.15. The van der Waals surface area contributed by atoms with Gasteiger partial charge in [-0.25, -0.2) is 0 Å². The fourth-order valence-corrected chi connectivity index (χ4v) is 1.89. The Labute approximate surface area is 120 Å². The van der Waals surface area contributed by atoms with Crippen LogP contribution in [0, 0.1) is 6.92 Å². The molecule has 0 aliphatic heterocycles. The van der Waals surface area contributed by atoms with Crippen LogP contribution in [0.1, 0.15) is 26.3 Å². The molecule has 2 aromatic rings. The lowest BCUT2D eigenvalue weighted by molar-refractivity contribution is 0.131. The molecule has 0 unspecified atom stereocenters. The molecule has 0 aromatic heterocycles. The molecule has 0 radical (unpaired) electrons. The van der Waals surface area contributed by atoms with Crippen molar-refractivity contribution in [3.63, 3.8) is 0 Å². The molecule has 0 amide bonds. The summed E-state index contributed by atoms with van der Waals surface area (Å²) in [6.45, 7) is 8.14. The molecule has 3 heteroatoms. The highest BCUT2D eigenvalue weighted by Gasteiger charge is 2.12. The van der Waals surface area contributed by atoms with Crippen molar-refractivity contribution in [3.8, 4) is 11.5 Å². The Morgan fingerprint density at radius 1 is 1.00 bits per heavy atom. The molecule has 0 aliphatic carbocycles. The summed E-state index contributed by atoms with van der Waals surface area (Å²) < 4.78 is 5.84. The quantitative estimate of drug-likeness (QED) is 0.800. The van der Waals surface area contributed by atoms with Crippen molar-refractivity contribution < 1.29 is 9.84 Å². The second-order valence-electron chi connectivity index (χ2n) is 5.86. The van der Waals surface area contributed by atoms with Gasteiger partial charge in [0.2, 0.25) is 0 Å². The van der Waals surface area contributed by atoms with Crippen molar-refractivity contribution >= 4 is 11.4 Å². The maximum Gasteiger partial charge on any atom is 0.120 e. The van der Waals surface area contributed by atoms with Crippen molar-refractivity contribution in [3.05, 3.63) is 48.0 Å². The van der Waals surface area contributed by atoms with Gasteiger partial charge in [0.05, 0.1) is 0 Å². The largest absolute Gasteiger partial charge is 0.508 e. The van der Waals surface area contributed by atoms with Crippen LogP contribution in [-0.2, 0) is 0 Å². The van der Waals surface area contributed by atoms with Crippen LogP contribution in [0.3, 0.4) is 0 Å². The minimum atomic E-state index is -0.196. The van der Waals surface area contributed by atoms with Gasteiger partial charge >= 0.3 is 0 Å². The van der Waals surface area contributed by atoms with Crippen molar-refractivity contribution in [2.24, 2.45) is 0 Å². The van der Waals surface area contributed by atoms with Crippen molar-refractivity contribution in [2.45, 2.75) is 33.3 Å². The highest BCUT2D eigenvalue weighted by atomic mass is 16.5. The van der Waals surface area contributed by atoms with Crippen LogP contribution in [0.25, 0.3) is 0 Å². The van der Waals surface area contributed by atoms with Crippen molar-refractivity contribution in [1.82, 2.24) is 0 Å². The van der Waals surface area contributed by atoms with Gasteiger partial charge in [-0.15, -0.1) is 0 Å². The summed E-state index contributed by atoms with van der Waals surface area (Å²) >= 11 is 0. The summed E-state index contributed by atoms with van der Waals surface area (Å²) in [4.78, 5) is 0. The highest BCUT2D eigenvalue weighted by Crippen LogP contribution is 2.27. The fourth-order valence-electron chi connectivity index (χ4n) is 1.89. The topological polar surface area (TPSA) is 41.5 Å². The zero-order valence-electron chi connectivity index (χ0n) is 12.4. The van der Waals surface area contributed by atoms with E-state index in [2.05, 4.69) is 5.32 Å². The SMILES string of the molecule is Cc1cc(OC(C)(C)C)ccc1Nc1ccc(O)cc1. The Kier molecular flexibility index (Phi) is 3.89. The molecule has 0 atom stereocenters. The smallest absolute Gasteiger partial charge is 0.120 e. The van der Waals surface area contributed by atoms with E-state index in [0.717, 1.165) is 22.7 Å². The first kappa shape index (κ1) is 14.3. The maximum absolute atomic E-state index is 9.28. The summed E-state index contributed by atoms with van der Waals surface area (Å²) in [5, 5.41) is 12.6. The molecule has 0 spiro atoms. The zero-order valence-corrected chi connectivity index (χ0v) is 12.4. The molecule has 0 bridgehead atoms. The number of aromatic hydroxyl groups is 1. The number of aryl methyl sites for hydroxylation is 1. The number of hydrogen-bond donors (Lipinski definition) is 2. The fraction of sp³-hybridized carbons (Fsp3) is 0.294. The number of benzene rings is 2. The summed E-state index contributed by atoms with van der Waals surface area (Å²) in [6, 6.07) is 13.0. The predicted octanol–water partition coefficient (Wildman–Crippen LogP) is 4.62. The van der Waals surface area contributed by atoms with Crippen LogP contribution in [-0.4, -0.2) is 10.7 Å². The van der Waals surface area contributed by atoms with E-state index in [1.165, 1.54) is 0 Å². The van der Waals surface area contributed by atoms with E-state index < -0.39 is 0 Å². The molecule has 0 heterocycles. The van der Waals surface area contributed by atoms with Crippen LogP contribution >= 0.6 is 0 Å². The van der Waals surface area contributed by atoms with E-state index in [9.17, 15) is 5.11 Å². The Hall–Kier alpha value is -2.16. The molecule has 0 saturated carbocycles. The Bertz CT molecular complexity index is 583. The highest BCUT2D eigenvalue weighted by molar-refractivity contribution is 5.64. The average molecular weight is 271 g/mol. The van der Waals surface area contributed by atoms with Gasteiger partial charge in [-0.2, -0.15) is 0 Å². The van der Waals surface area contributed by atoms with Crippen molar-refractivity contribution in [1.29, 1.82) is 0 Å². The van der Waals surface area contributed by atoms with Gasteiger partial charge in [0.15, 0.2) is 0 Å². The first-order chi connectivity index (χ1) is 9.33. The van der Waals surface area contributed by atoms with Gasteiger partial charge < -0.3 is 15.2 Å². The number of rotatable bonds is 3. The van der Waals surface area contributed by atoms with Crippen LogP contribution in [0.4, 0.5) is 11.4 Å². The molecule has 20 heavy (non-hydrogen) atoms. The third kappa shape index (κ3) is 3.92. The molecule has 106 valence electrons. The van der Waals surface area contributed by atoms with Crippen molar-refractivity contribution in [2.75, 3.05) is 5.32 Å². The third-order valence-electron chi connectivity index (χ3n) is 2.77.